The van der Waals surface area contributed by atoms with E-state index in [0.29, 0.717) is 0 Å². The Balaban J connectivity index is 2.97. The molecule has 1 unspecified atom stereocenters. The molecular weight excluding hydrogens is 184 g/mol. The molecule has 0 aliphatic rings. The second-order valence-electron chi connectivity index (χ2n) is 4.51. The molecule has 1 aromatic carbocycles. The first kappa shape index (κ1) is 12.0. The Labute approximate surface area is 92.5 Å². The zero-order chi connectivity index (χ0) is 11.6. The summed E-state index contributed by atoms with van der Waals surface area (Å²) in [6, 6.07) is 4.29. The maximum Gasteiger partial charge on any atom is 0.132 e. The van der Waals surface area contributed by atoms with Gasteiger partial charge in [-0.3, -0.25) is 4.79 Å². The summed E-state index contributed by atoms with van der Waals surface area (Å²) in [7, 11) is 0. The van der Waals surface area contributed by atoms with Gasteiger partial charge in [0.25, 0.3) is 0 Å². The Hall–Kier alpha value is -1.11. The molecule has 1 atom stereocenters. The van der Waals surface area contributed by atoms with Crippen LogP contribution in [0.5, 0.6) is 0 Å². The standard InChI is InChI=1S/C14H20O/c1-9-6-7-14(12(4)11(9)3)8-10(2)13(5)15/h6-7,10H,8H2,1-5H3. The maximum atomic E-state index is 11.2. The van der Waals surface area contributed by atoms with Gasteiger partial charge in [0, 0.05) is 5.92 Å². The smallest absolute Gasteiger partial charge is 0.132 e. The molecule has 0 amide bonds. The molecule has 0 heterocycles. The molecule has 1 heteroatoms. The zero-order valence-electron chi connectivity index (χ0n) is 10.3. The molecular formula is C14H20O. The number of aryl methyl sites for hydroxylation is 1. The summed E-state index contributed by atoms with van der Waals surface area (Å²) in [5.74, 6) is 0.401. The van der Waals surface area contributed by atoms with Gasteiger partial charge in [-0.05, 0) is 56.4 Å². The van der Waals surface area contributed by atoms with Crippen LogP contribution in [0, 0.1) is 26.7 Å². The average molecular weight is 204 g/mol. The highest BCUT2D eigenvalue weighted by Crippen LogP contribution is 2.20. The van der Waals surface area contributed by atoms with Gasteiger partial charge in [-0.25, -0.2) is 0 Å². The highest BCUT2D eigenvalue weighted by molar-refractivity contribution is 5.78. The van der Waals surface area contributed by atoms with E-state index in [4.69, 9.17) is 0 Å². The van der Waals surface area contributed by atoms with Crippen LogP contribution < -0.4 is 0 Å². The lowest BCUT2D eigenvalue weighted by atomic mass is 9.91. The Kier molecular flexibility index (Phi) is 3.67. The lowest BCUT2D eigenvalue weighted by Gasteiger charge is -2.13. The zero-order valence-corrected chi connectivity index (χ0v) is 10.3. The molecule has 0 spiro atoms. The third kappa shape index (κ3) is 2.68. The predicted octanol–water partition coefficient (Wildman–Crippen LogP) is 3.38. The van der Waals surface area contributed by atoms with Crippen molar-refractivity contribution in [2.24, 2.45) is 5.92 Å². The van der Waals surface area contributed by atoms with Crippen LogP contribution in [0.2, 0.25) is 0 Å². The summed E-state index contributed by atoms with van der Waals surface area (Å²) in [5.41, 5.74) is 5.32. The van der Waals surface area contributed by atoms with Gasteiger partial charge < -0.3 is 0 Å². The van der Waals surface area contributed by atoms with Gasteiger partial charge in [0.2, 0.25) is 0 Å². The molecule has 1 nitrogen and oxygen atoms in total. The summed E-state index contributed by atoms with van der Waals surface area (Å²) in [5, 5.41) is 0. The first-order chi connectivity index (χ1) is 6.93. The third-order valence-electron chi connectivity index (χ3n) is 3.39. The summed E-state index contributed by atoms with van der Waals surface area (Å²) < 4.78 is 0. The molecule has 0 saturated carbocycles. The average Bonchev–Trinajstić information content (AvgIpc) is 2.18. The van der Waals surface area contributed by atoms with Crippen LogP contribution >= 0.6 is 0 Å². The molecule has 0 N–H and O–H groups in total. The van der Waals surface area contributed by atoms with Crippen molar-refractivity contribution < 1.29 is 4.79 Å². The van der Waals surface area contributed by atoms with E-state index >= 15 is 0 Å². The van der Waals surface area contributed by atoms with Crippen molar-refractivity contribution in [3.05, 3.63) is 34.4 Å². The van der Waals surface area contributed by atoms with Crippen LogP contribution in [0.1, 0.15) is 36.1 Å². The number of rotatable bonds is 3. The van der Waals surface area contributed by atoms with Gasteiger partial charge in [-0.2, -0.15) is 0 Å². The van der Waals surface area contributed by atoms with E-state index in [1.807, 2.05) is 6.92 Å². The van der Waals surface area contributed by atoms with E-state index in [1.54, 1.807) is 6.92 Å². The molecule has 0 aromatic heterocycles. The first-order valence-electron chi connectivity index (χ1n) is 5.49. The Morgan fingerprint density at radius 2 is 1.80 bits per heavy atom. The minimum atomic E-state index is 0.130. The summed E-state index contributed by atoms with van der Waals surface area (Å²) in [6.45, 7) is 10.1. The van der Waals surface area contributed by atoms with Gasteiger partial charge in [-0.1, -0.05) is 19.1 Å². The number of ketones is 1. The molecule has 82 valence electrons. The second-order valence-corrected chi connectivity index (χ2v) is 4.51. The lowest BCUT2D eigenvalue weighted by molar-refractivity contribution is -0.120. The Morgan fingerprint density at radius 1 is 1.20 bits per heavy atom. The maximum absolute atomic E-state index is 11.2. The molecule has 0 fully saturated rings. The fourth-order valence-corrected chi connectivity index (χ4v) is 1.71. The SMILES string of the molecule is CC(=O)C(C)Cc1ccc(C)c(C)c1C. The van der Waals surface area contributed by atoms with E-state index in [0.717, 1.165) is 6.42 Å². The molecule has 0 aliphatic carbocycles. The van der Waals surface area contributed by atoms with Gasteiger partial charge in [-0.15, -0.1) is 0 Å². The third-order valence-corrected chi connectivity index (χ3v) is 3.39. The van der Waals surface area contributed by atoms with Gasteiger partial charge in [0.05, 0.1) is 0 Å². The number of carbonyl (C=O) groups is 1. The fourth-order valence-electron chi connectivity index (χ4n) is 1.71. The van der Waals surface area contributed by atoms with Crippen molar-refractivity contribution in [1.29, 1.82) is 0 Å². The highest BCUT2D eigenvalue weighted by atomic mass is 16.1. The molecule has 0 saturated heterocycles. The van der Waals surface area contributed by atoms with Gasteiger partial charge in [0.15, 0.2) is 0 Å². The van der Waals surface area contributed by atoms with E-state index in [-0.39, 0.29) is 11.7 Å². The predicted molar refractivity (Wildman–Crippen MR) is 64.2 cm³/mol. The Morgan fingerprint density at radius 3 is 2.33 bits per heavy atom. The molecule has 15 heavy (non-hydrogen) atoms. The fraction of sp³-hybridized carbons (Fsp3) is 0.500. The number of benzene rings is 1. The normalized spacial score (nSPS) is 12.6. The molecule has 0 bridgehead atoms. The van der Waals surface area contributed by atoms with Gasteiger partial charge >= 0.3 is 0 Å². The van der Waals surface area contributed by atoms with E-state index in [2.05, 4.69) is 32.9 Å². The van der Waals surface area contributed by atoms with Crippen molar-refractivity contribution in [3.63, 3.8) is 0 Å². The van der Waals surface area contributed by atoms with E-state index in [9.17, 15) is 4.79 Å². The van der Waals surface area contributed by atoms with Crippen molar-refractivity contribution in [2.75, 3.05) is 0 Å². The number of carbonyl (C=O) groups excluding carboxylic acids is 1. The van der Waals surface area contributed by atoms with E-state index < -0.39 is 0 Å². The van der Waals surface area contributed by atoms with Gasteiger partial charge in [0.1, 0.15) is 5.78 Å². The molecule has 0 aliphatic heterocycles. The molecule has 1 rings (SSSR count). The quantitative estimate of drug-likeness (QED) is 0.737. The van der Waals surface area contributed by atoms with E-state index in [1.165, 1.54) is 22.3 Å². The molecule has 1 aromatic rings. The van der Waals surface area contributed by atoms with Crippen molar-refractivity contribution >= 4 is 5.78 Å². The summed E-state index contributed by atoms with van der Waals surface area (Å²) in [4.78, 5) is 11.2. The largest absolute Gasteiger partial charge is 0.300 e. The van der Waals surface area contributed by atoms with Crippen molar-refractivity contribution in [2.45, 2.75) is 41.0 Å². The number of Topliss-reactive ketones (excluding diaryl/α,β-unsaturated/α-hetero) is 1. The van der Waals surface area contributed by atoms with Crippen LogP contribution in [0.4, 0.5) is 0 Å². The summed E-state index contributed by atoms with van der Waals surface area (Å²) >= 11 is 0. The first-order valence-corrected chi connectivity index (χ1v) is 5.49. The molecule has 0 radical (unpaired) electrons. The second kappa shape index (κ2) is 4.61. The Bertz CT molecular complexity index is 377. The van der Waals surface area contributed by atoms with Crippen LogP contribution in [0.3, 0.4) is 0 Å². The highest BCUT2D eigenvalue weighted by Gasteiger charge is 2.11. The number of hydrogen-bond donors (Lipinski definition) is 0. The monoisotopic (exact) mass is 204 g/mol. The topological polar surface area (TPSA) is 17.1 Å². The van der Waals surface area contributed by atoms with Crippen LogP contribution in [0.25, 0.3) is 0 Å². The van der Waals surface area contributed by atoms with Crippen molar-refractivity contribution in [3.8, 4) is 0 Å². The van der Waals surface area contributed by atoms with Crippen LogP contribution in [-0.2, 0) is 11.2 Å². The van der Waals surface area contributed by atoms with Crippen molar-refractivity contribution in [1.82, 2.24) is 0 Å². The minimum absolute atomic E-state index is 0.130. The lowest BCUT2D eigenvalue weighted by Crippen LogP contribution is -2.10. The van der Waals surface area contributed by atoms with Crippen LogP contribution in [0.15, 0.2) is 12.1 Å². The number of hydrogen-bond acceptors (Lipinski definition) is 1. The van der Waals surface area contributed by atoms with Crippen LogP contribution in [-0.4, -0.2) is 5.78 Å². The minimum Gasteiger partial charge on any atom is -0.300 e. The summed E-state index contributed by atoms with van der Waals surface area (Å²) in [6.07, 6.45) is 0.863.